The lowest BCUT2D eigenvalue weighted by Crippen LogP contribution is -2.02. The van der Waals surface area contributed by atoms with E-state index >= 15 is 0 Å². The van der Waals surface area contributed by atoms with Gasteiger partial charge in [-0.2, -0.15) is 0 Å². The minimum atomic E-state index is 0.143. The van der Waals surface area contributed by atoms with E-state index in [9.17, 15) is 0 Å². The molecule has 7 nitrogen and oxygen atoms in total. The number of hydrogen-bond donors (Lipinski definition) is 2. The highest BCUT2D eigenvalue weighted by Crippen LogP contribution is 2.39. The summed E-state index contributed by atoms with van der Waals surface area (Å²) in [5.41, 5.74) is 8.77. The topological polar surface area (TPSA) is 103 Å². The molecule has 0 aromatic carbocycles. The van der Waals surface area contributed by atoms with Crippen LogP contribution in [0.5, 0.6) is 0 Å². The maximum atomic E-state index is 5.94. The summed E-state index contributed by atoms with van der Waals surface area (Å²) in [7, 11) is 1.81. The van der Waals surface area contributed by atoms with Crippen molar-refractivity contribution in [1.29, 1.82) is 0 Å². The second kappa shape index (κ2) is 6.12. The standard InChI is InChI=1S/C18H15N5O2/c1-20-14-10-11(6-7-21-14)15-16(12-4-2-8-24-12)22-18(19)23-17(15)13-5-3-9-25-13/h2-10H,1H3,(H,20,21)(H2,19,22,23). The van der Waals surface area contributed by atoms with Crippen molar-refractivity contribution in [2.45, 2.75) is 0 Å². The van der Waals surface area contributed by atoms with Crippen LogP contribution in [0, 0.1) is 0 Å². The molecule has 0 unspecified atom stereocenters. The van der Waals surface area contributed by atoms with Crippen LogP contribution in [0.25, 0.3) is 34.0 Å². The summed E-state index contributed by atoms with van der Waals surface area (Å²) < 4.78 is 11.1. The van der Waals surface area contributed by atoms with Crippen LogP contribution in [-0.4, -0.2) is 22.0 Å². The second-order valence-electron chi connectivity index (χ2n) is 5.29. The fourth-order valence-corrected chi connectivity index (χ4v) is 2.66. The molecule has 0 amide bonds. The van der Waals surface area contributed by atoms with Crippen LogP contribution in [0.2, 0.25) is 0 Å². The van der Waals surface area contributed by atoms with Crippen LogP contribution in [0.15, 0.2) is 64.0 Å². The first kappa shape index (κ1) is 14.9. The van der Waals surface area contributed by atoms with Gasteiger partial charge in [-0.1, -0.05) is 0 Å². The van der Waals surface area contributed by atoms with Crippen molar-refractivity contribution in [3.8, 4) is 34.0 Å². The number of nitrogens with zero attached hydrogens (tertiary/aromatic N) is 3. The Bertz CT molecular complexity index is 939. The van der Waals surface area contributed by atoms with Gasteiger partial charge in [-0.3, -0.25) is 0 Å². The number of nitrogens with two attached hydrogens (primary N) is 1. The van der Waals surface area contributed by atoms with Crippen molar-refractivity contribution in [3.63, 3.8) is 0 Å². The Labute approximate surface area is 143 Å². The fraction of sp³-hybridized carbons (Fsp3) is 0.0556. The Hall–Kier alpha value is -3.61. The van der Waals surface area contributed by atoms with E-state index in [0.717, 1.165) is 16.9 Å². The molecule has 0 bridgehead atoms. The SMILES string of the molecule is CNc1cc(-c2c(-c3ccco3)nc(N)nc2-c2ccco2)ccn1. The normalized spacial score (nSPS) is 10.8. The Morgan fingerprint density at radius 1 is 0.960 bits per heavy atom. The number of nitrogens with one attached hydrogen (secondary N) is 1. The number of furan rings is 2. The zero-order valence-electron chi connectivity index (χ0n) is 13.4. The number of pyridine rings is 1. The average Bonchev–Trinajstić information content (AvgIpc) is 3.34. The van der Waals surface area contributed by atoms with Gasteiger partial charge in [-0.25, -0.2) is 15.0 Å². The Morgan fingerprint density at radius 3 is 2.12 bits per heavy atom. The molecular formula is C18H15N5O2. The fourth-order valence-electron chi connectivity index (χ4n) is 2.66. The first-order valence-electron chi connectivity index (χ1n) is 7.65. The van der Waals surface area contributed by atoms with E-state index in [1.165, 1.54) is 0 Å². The van der Waals surface area contributed by atoms with Crippen LogP contribution < -0.4 is 11.1 Å². The van der Waals surface area contributed by atoms with Crippen molar-refractivity contribution < 1.29 is 8.83 Å². The second-order valence-corrected chi connectivity index (χ2v) is 5.29. The van der Waals surface area contributed by atoms with Crippen LogP contribution in [0.1, 0.15) is 0 Å². The van der Waals surface area contributed by atoms with Crippen molar-refractivity contribution in [2.75, 3.05) is 18.1 Å². The monoisotopic (exact) mass is 333 g/mol. The predicted molar refractivity (Wildman–Crippen MR) is 94.6 cm³/mol. The van der Waals surface area contributed by atoms with Gasteiger partial charge in [0.25, 0.3) is 0 Å². The molecule has 0 saturated heterocycles. The summed E-state index contributed by atoms with van der Waals surface area (Å²) in [6.45, 7) is 0. The van der Waals surface area contributed by atoms with Crippen LogP contribution in [0.4, 0.5) is 11.8 Å². The van der Waals surface area contributed by atoms with Crippen molar-refractivity contribution in [3.05, 3.63) is 55.1 Å². The van der Waals surface area contributed by atoms with E-state index in [2.05, 4.69) is 20.3 Å². The molecule has 25 heavy (non-hydrogen) atoms. The van der Waals surface area contributed by atoms with Gasteiger partial charge in [0.1, 0.15) is 17.2 Å². The van der Waals surface area contributed by atoms with Crippen molar-refractivity contribution >= 4 is 11.8 Å². The highest BCUT2D eigenvalue weighted by atomic mass is 16.3. The molecule has 0 saturated carbocycles. The third-order valence-corrected chi connectivity index (χ3v) is 3.74. The third-order valence-electron chi connectivity index (χ3n) is 3.74. The molecule has 4 rings (SSSR count). The van der Waals surface area contributed by atoms with Gasteiger partial charge in [0.15, 0.2) is 11.5 Å². The van der Waals surface area contributed by atoms with Crippen LogP contribution >= 0.6 is 0 Å². The highest BCUT2D eigenvalue weighted by Gasteiger charge is 2.21. The molecule has 0 spiro atoms. The predicted octanol–water partition coefficient (Wildman–Crippen LogP) is 3.68. The van der Waals surface area contributed by atoms with Gasteiger partial charge in [-0.05, 0) is 42.0 Å². The first-order valence-corrected chi connectivity index (χ1v) is 7.65. The van der Waals surface area contributed by atoms with Gasteiger partial charge >= 0.3 is 0 Å². The zero-order chi connectivity index (χ0) is 17.2. The minimum absolute atomic E-state index is 0.143. The lowest BCUT2D eigenvalue weighted by molar-refractivity contribution is 0.577. The summed E-state index contributed by atoms with van der Waals surface area (Å²) >= 11 is 0. The quantitative estimate of drug-likeness (QED) is 0.587. The van der Waals surface area contributed by atoms with Crippen molar-refractivity contribution in [1.82, 2.24) is 15.0 Å². The molecule has 0 aliphatic rings. The summed E-state index contributed by atoms with van der Waals surface area (Å²) in [5, 5.41) is 3.03. The molecule has 0 aliphatic carbocycles. The summed E-state index contributed by atoms with van der Waals surface area (Å²) in [4.78, 5) is 13.1. The van der Waals surface area contributed by atoms with Gasteiger partial charge in [0.05, 0.1) is 12.5 Å². The molecular weight excluding hydrogens is 318 g/mol. The number of nitrogen functional groups attached to an aromatic ring is 1. The Balaban J connectivity index is 2.05. The van der Waals surface area contributed by atoms with Crippen LogP contribution in [-0.2, 0) is 0 Å². The smallest absolute Gasteiger partial charge is 0.221 e. The van der Waals surface area contributed by atoms with E-state index < -0.39 is 0 Å². The van der Waals surface area contributed by atoms with E-state index in [4.69, 9.17) is 14.6 Å². The molecule has 0 atom stereocenters. The lowest BCUT2D eigenvalue weighted by atomic mass is 10.00. The van der Waals surface area contributed by atoms with Crippen LogP contribution in [0.3, 0.4) is 0 Å². The third kappa shape index (κ3) is 2.72. The number of hydrogen-bond acceptors (Lipinski definition) is 7. The van der Waals surface area contributed by atoms with E-state index in [1.807, 2.05) is 31.3 Å². The molecule has 7 heteroatoms. The molecule has 4 aromatic rings. The maximum absolute atomic E-state index is 5.94. The Kier molecular flexibility index (Phi) is 3.66. The van der Waals surface area contributed by atoms with E-state index in [-0.39, 0.29) is 5.95 Å². The largest absolute Gasteiger partial charge is 0.463 e. The number of anilines is 2. The molecule has 3 N–H and O–H groups in total. The number of aromatic nitrogens is 3. The zero-order valence-corrected chi connectivity index (χ0v) is 13.4. The molecule has 124 valence electrons. The summed E-state index contributed by atoms with van der Waals surface area (Å²) in [6.07, 6.45) is 4.90. The first-order chi connectivity index (χ1) is 12.3. The van der Waals surface area contributed by atoms with Gasteiger partial charge in [-0.15, -0.1) is 0 Å². The van der Waals surface area contributed by atoms with E-state index in [1.54, 1.807) is 30.9 Å². The molecule has 4 aromatic heterocycles. The highest BCUT2D eigenvalue weighted by molar-refractivity contribution is 5.89. The minimum Gasteiger partial charge on any atom is -0.463 e. The van der Waals surface area contributed by atoms with Gasteiger partial charge < -0.3 is 19.9 Å². The maximum Gasteiger partial charge on any atom is 0.221 e. The number of rotatable bonds is 4. The average molecular weight is 333 g/mol. The summed E-state index contributed by atoms with van der Waals surface area (Å²) in [5.74, 6) is 2.06. The lowest BCUT2D eigenvalue weighted by Gasteiger charge is -2.13. The summed E-state index contributed by atoms with van der Waals surface area (Å²) in [6, 6.07) is 11.1. The Morgan fingerprint density at radius 2 is 1.60 bits per heavy atom. The van der Waals surface area contributed by atoms with Crippen molar-refractivity contribution in [2.24, 2.45) is 0 Å². The van der Waals surface area contributed by atoms with Gasteiger partial charge in [0.2, 0.25) is 5.95 Å². The molecule has 0 radical (unpaired) electrons. The van der Waals surface area contributed by atoms with E-state index in [0.29, 0.717) is 22.9 Å². The molecule has 0 aliphatic heterocycles. The molecule has 4 heterocycles. The molecule has 0 fully saturated rings. The van der Waals surface area contributed by atoms with Gasteiger partial charge in [0, 0.05) is 18.8 Å².